The highest BCUT2D eigenvalue weighted by molar-refractivity contribution is 6.02. The van der Waals surface area contributed by atoms with Gasteiger partial charge in [-0.05, 0) is 63.2 Å². The van der Waals surface area contributed by atoms with Gasteiger partial charge in [0.25, 0.3) is 5.91 Å². The summed E-state index contributed by atoms with van der Waals surface area (Å²) in [5, 5.41) is 12.9. The van der Waals surface area contributed by atoms with Crippen LogP contribution in [0, 0.1) is 37.0 Å². The maximum atomic E-state index is 13.2. The van der Waals surface area contributed by atoms with Crippen molar-refractivity contribution in [2.75, 3.05) is 13.1 Å². The number of amides is 2. The summed E-state index contributed by atoms with van der Waals surface area (Å²) in [6.45, 7) is 10.3. The Bertz CT molecular complexity index is 900. The maximum Gasteiger partial charge on any atom is 0.264 e. The maximum absolute atomic E-state index is 13.2. The molecule has 1 saturated heterocycles. The quantitative estimate of drug-likeness (QED) is 0.530. The lowest BCUT2D eigenvalue weighted by Crippen LogP contribution is -2.48. The van der Waals surface area contributed by atoms with Gasteiger partial charge in [0, 0.05) is 37.1 Å². The molecule has 2 fully saturated rings. The fourth-order valence-electron chi connectivity index (χ4n) is 5.03. The van der Waals surface area contributed by atoms with Gasteiger partial charge in [-0.3, -0.25) is 9.59 Å². The number of likely N-dealkylation sites (tertiary alicyclic amines) is 1. The fourth-order valence-corrected chi connectivity index (χ4v) is 5.03. The highest BCUT2D eigenvalue weighted by atomic mass is 16.2. The van der Waals surface area contributed by atoms with Crippen molar-refractivity contribution in [3.63, 3.8) is 0 Å². The Labute approximate surface area is 192 Å². The summed E-state index contributed by atoms with van der Waals surface area (Å²) in [4.78, 5) is 27.7. The first kappa shape index (κ1) is 24.1. The first-order valence-corrected chi connectivity index (χ1v) is 12.2. The Hall–Kier alpha value is -2.55. The summed E-state index contributed by atoms with van der Waals surface area (Å²) >= 11 is 0. The molecule has 1 aromatic heterocycles. The molecule has 1 aromatic rings. The summed E-state index contributed by atoms with van der Waals surface area (Å²) in [5.74, 6) is 0.120. The zero-order chi connectivity index (χ0) is 23.3. The topological polar surface area (TPSA) is 78.1 Å². The van der Waals surface area contributed by atoms with Crippen molar-refractivity contribution in [1.29, 1.82) is 5.26 Å². The van der Waals surface area contributed by atoms with Gasteiger partial charge >= 0.3 is 0 Å². The Balaban J connectivity index is 1.69. The van der Waals surface area contributed by atoms with E-state index in [2.05, 4.69) is 36.7 Å². The smallest absolute Gasteiger partial charge is 0.264 e. The van der Waals surface area contributed by atoms with E-state index in [1.165, 1.54) is 19.3 Å². The largest absolute Gasteiger partial charge is 0.353 e. The molecule has 6 nitrogen and oxygen atoms in total. The van der Waals surface area contributed by atoms with Gasteiger partial charge in [-0.15, -0.1) is 0 Å². The number of carbonyl (C=O) groups excluding carboxylic acids is 2. The minimum atomic E-state index is -0.267. The van der Waals surface area contributed by atoms with Gasteiger partial charge in [-0.2, -0.15) is 5.26 Å². The van der Waals surface area contributed by atoms with Crippen LogP contribution in [0.4, 0.5) is 0 Å². The lowest BCUT2D eigenvalue weighted by Gasteiger charge is -2.33. The first-order valence-electron chi connectivity index (χ1n) is 12.2. The lowest BCUT2D eigenvalue weighted by molar-refractivity contribution is -0.132. The molecule has 0 aromatic carbocycles. The second-order valence-corrected chi connectivity index (χ2v) is 9.93. The summed E-state index contributed by atoms with van der Waals surface area (Å²) in [7, 11) is 0. The van der Waals surface area contributed by atoms with Crippen molar-refractivity contribution in [3.8, 4) is 6.07 Å². The molecule has 2 heterocycles. The molecule has 3 rings (SSSR count). The van der Waals surface area contributed by atoms with Crippen LogP contribution < -0.4 is 5.32 Å². The number of carbonyl (C=O) groups is 2. The van der Waals surface area contributed by atoms with E-state index >= 15 is 0 Å². The van der Waals surface area contributed by atoms with Gasteiger partial charge < -0.3 is 14.8 Å². The van der Waals surface area contributed by atoms with Crippen LogP contribution in [0.1, 0.15) is 75.7 Å². The van der Waals surface area contributed by atoms with Gasteiger partial charge in [0.05, 0.1) is 5.92 Å². The Morgan fingerprint density at radius 2 is 1.91 bits per heavy atom. The van der Waals surface area contributed by atoms with Crippen molar-refractivity contribution in [1.82, 2.24) is 14.8 Å². The van der Waals surface area contributed by atoms with E-state index in [1.54, 1.807) is 11.0 Å². The molecule has 0 radical (unpaired) electrons. The SMILES string of the molecule is Cc1cc(/C=C(\C#N)C(=O)N2CCCC(C(=O)NC3CCCCC3)C2)c(C)n1CC(C)C. The second-order valence-electron chi connectivity index (χ2n) is 9.93. The van der Waals surface area contributed by atoms with E-state index < -0.39 is 0 Å². The number of nitrogens with zero attached hydrogens (tertiary/aromatic N) is 3. The third kappa shape index (κ3) is 5.82. The van der Waals surface area contributed by atoms with E-state index in [9.17, 15) is 14.9 Å². The van der Waals surface area contributed by atoms with Crippen LogP contribution >= 0.6 is 0 Å². The molecule has 2 amide bonds. The average molecular weight is 439 g/mol. The summed E-state index contributed by atoms with van der Waals surface area (Å²) in [6.07, 6.45) is 9.01. The number of aryl methyl sites for hydroxylation is 1. The van der Waals surface area contributed by atoms with Crippen LogP contribution in [0.5, 0.6) is 0 Å². The number of aromatic nitrogens is 1. The van der Waals surface area contributed by atoms with Crippen molar-refractivity contribution in [2.24, 2.45) is 11.8 Å². The van der Waals surface area contributed by atoms with Crippen LogP contribution in [0.25, 0.3) is 6.08 Å². The summed E-state index contributed by atoms with van der Waals surface area (Å²) in [5.41, 5.74) is 3.25. The molecule has 1 unspecified atom stereocenters. The van der Waals surface area contributed by atoms with Crippen molar-refractivity contribution in [2.45, 2.75) is 85.2 Å². The molecular weight excluding hydrogens is 400 g/mol. The third-order valence-electron chi connectivity index (χ3n) is 6.84. The molecule has 1 N–H and O–H groups in total. The predicted octanol–water partition coefficient (Wildman–Crippen LogP) is 4.36. The van der Waals surface area contributed by atoms with Crippen LogP contribution in [0.3, 0.4) is 0 Å². The Kier molecular flexibility index (Phi) is 8.17. The van der Waals surface area contributed by atoms with E-state index in [4.69, 9.17) is 0 Å². The third-order valence-corrected chi connectivity index (χ3v) is 6.84. The summed E-state index contributed by atoms with van der Waals surface area (Å²) < 4.78 is 2.24. The van der Waals surface area contributed by atoms with Crippen molar-refractivity contribution < 1.29 is 9.59 Å². The highest BCUT2D eigenvalue weighted by Gasteiger charge is 2.31. The number of rotatable bonds is 6. The molecule has 0 spiro atoms. The number of nitriles is 1. The van der Waals surface area contributed by atoms with Crippen LogP contribution in [-0.2, 0) is 16.1 Å². The molecule has 2 aliphatic rings. The van der Waals surface area contributed by atoms with Gasteiger partial charge in [0.2, 0.25) is 5.91 Å². The molecule has 1 atom stereocenters. The number of piperidine rings is 1. The van der Waals surface area contributed by atoms with E-state index in [0.717, 1.165) is 49.2 Å². The Morgan fingerprint density at radius 3 is 2.56 bits per heavy atom. The average Bonchev–Trinajstić information content (AvgIpc) is 3.04. The van der Waals surface area contributed by atoms with Crippen LogP contribution in [-0.4, -0.2) is 40.4 Å². The summed E-state index contributed by atoms with van der Waals surface area (Å²) in [6, 6.07) is 4.43. The number of nitrogens with one attached hydrogen (secondary N) is 1. The monoisotopic (exact) mass is 438 g/mol. The minimum absolute atomic E-state index is 0.0640. The molecule has 0 bridgehead atoms. The standard InChI is InChI=1S/C26H38N4O2/c1-18(2)16-30-19(3)13-22(20(30)4)14-23(15-27)26(32)29-12-8-9-21(17-29)25(31)28-24-10-6-5-7-11-24/h13-14,18,21,24H,5-12,16-17H2,1-4H3,(H,28,31)/b23-14+. The Morgan fingerprint density at radius 1 is 1.19 bits per heavy atom. The zero-order valence-corrected chi connectivity index (χ0v) is 20.1. The highest BCUT2D eigenvalue weighted by Crippen LogP contribution is 2.24. The predicted molar refractivity (Wildman–Crippen MR) is 127 cm³/mol. The molecule has 32 heavy (non-hydrogen) atoms. The molecule has 1 saturated carbocycles. The molecule has 6 heteroatoms. The fraction of sp³-hybridized carbons (Fsp3) is 0.654. The zero-order valence-electron chi connectivity index (χ0n) is 20.1. The number of hydrogen-bond donors (Lipinski definition) is 1. The van der Waals surface area contributed by atoms with E-state index in [-0.39, 0.29) is 29.3 Å². The normalized spacial score (nSPS) is 20.3. The van der Waals surface area contributed by atoms with Crippen LogP contribution in [0.2, 0.25) is 0 Å². The number of hydrogen-bond acceptors (Lipinski definition) is 3. The van der Waals surface area contributed by atoms with Crippen molar-refractivity contribution >= 4 is 17.9 Å². The van der Waals surface area contributed by atoms with Gasteiger partial charge in [-0.1, -0.05) is 33.1 Å². The van der Waals surface area contributed by atoms with Gasteiger partial charge in [-0.25, -0.2) is 0 Å². The molecule has 1 aliphatic carbocycles. The van der Waals surface area contributed by atoms with Crippen LogP contribution in [0.15, 0.2) is 11.6 Å². The van der Waals surface area contributed by atoms with Crippen molar-refractivity contribution in [3.05, 3.63) is 28.6 Å². The molecule has 174 valence electrons. The second kappa shape index (κ2) is 10.8. The van der Waals surface area contributed by atoms with Gasteiger partial charge in [0.15, 0.2) is 0 Å². The molecular formula is C26H38N4O2. The first-order chi connectivity index (χ1) is 15.3. The van der Waals surface area contributed by atoms with E-state index in [1.807, 2.05) is 13.0 Å². The lowest BCUT2D eigenvalue weighted by atomic mass is 9.92. The molecule has 1 aliphatic heterocycles. The minimum Gasteiger partial charge on any atom is -0.353 e. The van der Waals surface area contributed by atoms with Gasteiger partial charge in [0.1, 0.15) is 11.6 Å². The van der Waals surface area contributed by atoms with E-state index in [0.29, 0.717) is 19.0 Å².